The van der Waals surface area contributed by atoms with Gasteiger partial charge in [-0.25, -0.2) is 4.98 Å². The van der Waals surface area contributed by atoms with Gasteiger partial charge in [0.2, 0.25) is 5.91 Å². The van der Waals surface area contributed by atoms with Gasteiger partial charge in [-0.05, 0) is 11.5 Å². The third-order valence-electron chi connectivity index (χ3n) is 2.54. The maximum Gasteiger partial charge on any atom is 0.226 e. The molecule has 1 aromatic carbocycles. The number of benzene rings is 1. The number of aromatic nitrogens is 1. The molecule has 0 saturated heterocycles. The van der Waals surface area contributed by atoms with E-state index in [9.17, 15) is 4.79 Å². The van der Waals surface area contributed by atoms with Crippen molar-refractivity contribution in [3.05, 3.63) is 47.5 Å². The van der Waals surface area contributed by atoms with Gasteiger partial charge in [0.15, 0.2) is 5.13 Å². The second-order valence-electron chi connectivity index (χ2n) is 3.90. The minimum absolute atomic E-state index is 0.0105. The molecule has 1 heterocycles. The highest BCUT2D eigenvalue weighted by atomic mass is 32.1. The Morgan fingerprint density at radius 2 is 2.18 bits per heavy atom. The number of anilines is 1. The fourth-order valence-electron chi connectivity index (χ4n) is 1.63. The van der Waals surface area contributed by atoms with E-state index in [1.807, 2.05) is 35.7 Å². The number of amides is 1. The van der Waals surface area contributed by atoms with Crippen LogP contribution >= 0.6 is 11.3 Å². The Bertz CT molecular complexity index is 467. The summed E-state index contributed by atoms with van der Waals surface area (Å²) in [4.78, 5) is 15.8. The van der Waals surface area contributed by atoms with Gasteiger partial charge in [-0.1, -0.05) is 37.3 Å². The molecule has 0 aliphatic rings. The van der Waals surface area contributed by atoms with Gasteiger partial charge >= 0.3 is 0 Å². The van der Waals surface area contributed by atoms with E-state index >= 15 is 0 Å². The molecule has 1 aromatic heterocycles. The molecule has 0 radical (unpaired) electrons. The predicted molar refractivity (Wildman–Crippen MR) is 70.2 cm³/mol. The fraction of sp³-hybridized carbons (Fsp3) is 0.231. The van der Waals surface area contributed by atoms with Crippen LogP contribution in [0.2, 0.25) is 0 Å². The van der Waals surface area contributed by atoms with Crippen molar-refractivity contribution in [1.29, 1.82) is 0 Å². The largest absolute Gasteiger partial charge is 0.302 e. The van der Waals surface area contributed by atoms with Crippen molar-refractivity contribution < 1.29 is 4.79 Å². The standard InChI is InChI=1S/C13H14N2OS/c1-10(11-5-3-2-4-6-11)9-12(16)15-13-14-7-8-17-13/h2-8,10H,9H2,1H3,(H,14,15,16). The van der Waals surface area contributed by atoms with Gasteiger partial charge in [0.1, 0.15) is 0 Å². The zero-order valence-corrected chi connectivity index (χ0v) is 10.4. The van der Waals surface area contributed by atoms with Crippen LogP contribution in [0.5, 0.6) is 0 Å². The van der Waals surface area contributed by atoms with Gasteiger partial charge in [-0.15, -0.1) is 11.3 Å². The number of nitrogens with zero attached hydrogens (tertiary/aromatic N) is 1. The highest BCUT2D eigenvalue weighted by molar-refractivity contribution is 7.13. The monoisotopic (exact) mass is 246 g/mol. The predicted octanol–water partition coefficient (Wildman–Crippen LogP) is 3.28. The van der Waals surface area contributed by atoms with Crippen LogP contribution in [0.3, 0.4) is 0 Å². The molecule has 4 heteroatoms. The van der Waals surface area contributed by atoms with Gasteiger partial charge in [0, 0.05) is 18.0 Å². The van der Waals surface area contributed by atoms with E-state index in [2.05, 4.69) is 17.2 Å². The Balaban J connectivity index is 1.91. The van der Waals surface area contributed by atoms with Gasteiger partial charge in [-0.3, -0.25) is 4.79 Å². The summed E-state index contributed by atoms with van der Waals surface area (Å²) >= 11 is 1.43. The normalized spacial score (nSPS) is 12.1. The molecule has 1 unspecified atom stereocenters. The van der Waals surface area contributed by atoms with Crippen LogP contribution in [0.1, 0.15) is 24.8 Å². The molecule has 0 bridgehead atoms. The summed E-state index contributed by atoms with van der Waals surface area (Å²) in [6, 6.07) is 10.0. The zero-order valence-electron chi connectivity index (χ0n) is 9.59. The first-order valence-corrected chi connectivity index (χ1v) is 6.38. The summed E-state index contributed by atoms with van der Waals surface area (Å²) in [6.45, 7) is 2.05. The Morgan fingerprint density at radius 1 is 1.41 bits per heavy atom. The molecule has 2 rings (SSSR count). The second kappa shape index (κ2) is 5.59. The number of thiazole rings is 1. The van der Waals surface area contributed by atoms with Gasteiger partial charge in [-0.2, -0.15) is 0 Å². The average Bonchev–Trinajstić information content (AvgIpc) is 2.82. The summed E-state index contributed by atoms with van der Waals surface area (Å²) in [6.07, 6.45) is 2.16. The SMILES string of the molecule is CC(CC(=O)Nc1nccs1)c1ccccc1. The van der Waals surface area contributed by atoms with Crippen molar-refractivity contribution in [1.82, 2.24) is 4.98 Å². The number of hydrogen-bond donors (Lipinski definition) is 1. The van der Waals surface area contributed by atoms with Crippen molar-refractivity contribution >= 4 is 22.4 Å². The van der Waals surface area contributed by atoms with Crippen LogP contribution in [0, 0.1) is 0 Å². The molecule has 0 fully saturated rings. The van der Waals surface area contributed by atoms with Crippen LogP contribution < -0.4 is 5.32 Å². The van der Waals surface area contributed by atoms with Crippen molar-refractivity contribution in [2.24, 2.45) is 0 Å². The topological polar surface area (TPSA) is 42.0 Å². The third kappa shape index (κ3) is 3.39. The van der Waals surface area contributed by atoms with Crippen LogP contribution in [0.15, 0.2) is 41.9 Å². The number of carbonyl (C=O) groups excluding carboxylic acids is 1. The maximum atomic E-state index is 11.7. The minimum atomic E-state index is 0.0105. The lowest BCUT2D eigenvalue weighted by molar-refractivity contribution is -0.116. The van der Waals surface area contributed by atoms with Crippen LogP contribution in [-0.4, -0.2) is 10.9 Å². The second-order valence-corrected chi connectivity index (χ2v) is 4.80. The fourth-order valence-corrected chi connectivity index (χ4v) is 2.18. The Hall–Kier alpha value is -1.68. The van der Waals surface area contributed by atoms with Gasteiger partial charge in [0.05, 0.1) is 0 Å². The molecule has 1 N–H and O–H groups in total. The Morgan fingerprint density at radius 3 is 2.82 bits per heavy atom. The molecule has 1 amide bonds. The van der Waals surface area contributed by atoms with E-state index < -0.39 is 0 Å². The lowest BCUT2D eigenvalue weighted by Gasteiger charge is -2.10. The molecule has 17 heavy (non-hydrogen) atoms. The summed E-state index contributed by atoms with van der Waals surface area (Å²) in [5, 5.41) is 5.30. The number of carbonyl (C=O) groups is 1. The minimum Gasteiger partial charge on any atom is -0.302 e. The highest BCUT2D eigenvalue weighted by Gasteiger charge is 2.11. The zero-order chi connectivity index (χ0) is 12.1. The van der Waals surface area contributed by atoms with E-state index in [4.69, 9.17) is 0 Å². The van der Waals surface area contributed by atoms with Crippen molar-refractivity contribution in [2.75, 3.05) is 5.32 Å². The van der Waals surface area contributed by atoms with Gasteiger partial charge < -0.3 is 5.32 Å². The van der Waals surface area contributed by atoms with E-state index in [0.29, 0.717) is 11.6 Å². The highest BCUT2D eigenvalue weighted by Crippen LogP contribution is 2.19. The molecule has 1 atom stereocenters. The first kappa shape index (κ1) is 11.8. The molecule has 2 aromatic rings. The first-order chi connectivity index (χ1) is 8.25. The molecule has 0 aliphatic carbocycles. The molecule has 0 saturated carbocycles. The van der Waals surface area contributed by atoms with Crippen LogP contribution in [-0.2, 0) is 4.79 Å². The Kier molecular flexibility index (Phi) is 3.88. The van der Waals surface area contributed by atoms with Crippen molar-refractivity contribution in [3.63, 3.8) is 0 Å². The molecular weight excluding hydrogens is 232 g/mol. The Labute approximate surface area is 105 Å². The summed E-state index contributed by atoms with van der Waals surface area (Å²) < 4.78 is 0. The molecule has 3 nitrogen and oxygen atoms in total. The lowest BCUT2D eigenvalue weighted by Crippen LogP contribution is -2.14. The van der Waals surface area contributed by atoms with Gasteiger partial charge in [0.25, 0.3) is 0 Å². The maximum absolute atomic E-state index is 11.7. The van der Waals surface area contributed by atoms with Crippen molar-refractivity contribution in [3.8, 4) is 0 Å². The molecule has 0 spiro atoms. The average molecular weight is 246 g/mol. The third-order valence-corrected chi connectivity index (χ3v) is 3.23. The summed E-state index contributed by atoms with van der Waals surface area (Å²) in [5.74, 6) is 0.229. The van der Waals surface area contributed by atoms with Crippen LogP contribution in [0.4, 0.5) is 5.13 Å². The smallest absolute Gasteiger partial charge is 0.226 e. The van der Waals surface area contributed by atoms with E-state index in [1.54, 1.807) is 6.20 Å². The molecule has 88 valence electrons. The lowest BCUT2D eigenvalue weighted by atomic mass is 9.98. The molecule has 0 aliphatic heterocycles. The molecular formula is C13H14N2OS. The van der Waals surface area contributed by atoms with E-state index in [-0.39, 0.29) is 11.8 Å². The van der Waals surface area contributed by atoms with Crippen LogP contribution in [0.25, 0.3) is 0 Å². The first-order valence-electron chi connectivity index (χ1n) is 5.50. The summed E-state index contributed by atoms with van der Waals surface area (Å²) in [7, 11) is 0. The van der Waals surface area contributed by atoms with E-state index in [1.165, 1.54) is 16.9 Å². The quantitative estimate of drug-likeness (QED) is 0.899. The number of rotatable bonds is 4. The van der Waals surface area contributed by atoms with E-state index in [0.717, 1.165) is 0 Å². The van der Waals surface area contributed by atoms with Crippen molar-refractivity contribution in [2.45, 2.75) is 19.3 Å². The number of hydrogen-bond acceptors (Lipinski definition) is 3. The number of nitrogens with one attached hydrogen (secondary N) is 1. The summed E-state index contributed by atoms with van der Waals surface area (Å²) in [5.41, 5.74) is 1.18.